The molecule has 41 heavy (non-hydrogen) atoms. The van der Waals surface area contributed by atoms with Gasteiger partial charge in [0.2, 0.25) is 10.0 Å². The number of rotatable bonds is 10. The lowest BCUT2D eigenvalue weighted by molar-refractivity contribution is -0.268. The number of aliphatic hydroxyl groups excluding tert-OH is 1. The van der Waals surface area contributed by atoms with Crippen LogP contribution in [-0.4, -0.2) is 30.5 Å². The fraction of sp³-hybridized carbons (Fsp3) is 0.250. The van der Waals surface area contributed by atoms with E-state index in [1.165, 1.54) is 0 Å². The second kappa shape index (κ2) is 13.2. The molecule has 1 aliphatic rings. The minimum absolute atomic E-state index is 0.0247. The average Bonchev–Trinajstić information content (AvgIpc) is 3.01. The number of aliphatic hydroxyl groups is 1. The summed E-state index contributed by atoms with van der Waals surface area (Å²) in [6.07, 6.45) is -1.08. The molecule has 5 rings (SSSR count). The fourth-order valence-electron chi connectivity index (χ4n) is 4.74. The summed E-state index contributed by atoms with van der Waals surface area (Å²) in [6.45, 7) is 2.21. The van der Waals surface area contributed by atoms with Crippen molar-refractivity contribution in [3.8, 4) is 5.75 Å². The molecule has 1 aliphatic heterocycles. The van der Waals surface area contributed by atoms with Crippen molar-refractivity contribution in [3.63, 3.8) is 0 Å². The molecule has 1 unspecified atom stereocenters. The molecule has 7 nitrogen and oxygen atoms in total. The molecule has 214 valence electrons. The van der Waals surface area contributed by atoms with Crippen molar-refractivity contribution in [2.24, 2.45) is 5.92 Å². The van der Waals surface area contributed by atoms with Crippen molar-refractivity contribution in [2.45, 2.75) is 48.4 Å². The Morgan fingerprint density at radius 2 is 1.56 bits per heavy atom. The van der Waals surface area contributed by atoms with Gasteiger partial charge in [0.15, 0.2) is 6.29 Å². The van der Waals surface area contributed by atoms with Crippen molar-refractivity contribution in [3.05, 3.63) is 125 Å². The molecule has 1 fully saturated rings. The summed E-state index contributed by atoms with van der Waals surface area (Å²) in [7, 11) is -3.65. The summed E-state index contributed by atoms with van der Waals surface area (Å²) in [4.78, 5) is 1.24. The first-order valence-corrected chi connectivity index (χ1v) is 15.9. The molecule has 0 saturated carbocycles. The maximum Gasteiger partial charge on any atom is 0.240 e. The molecule has 0 spiro atoms. The Morgan fingerprint density at radius 3 is 2.27 bits per heavy atom. The normalized spacial score (nSPS) is 21.0. The van der Waals surface area contributed by atoms with Gasteiger partial charge in [-0.15, -0.1) is 11.8 Å². The average molecular weight is 592 g/mol. The van der Waals surface area contributed by atoms with E-state index in [4.69, 9.17) is 9.47 Å². The summed E-state index contributed by atoms with van der Waals surface area (Å²) in [6, 6.07) is 30.7. The molecule has 0 bridgehead atoms. The number of thioether (sulfide) groups is 1. The zero-order valence-electron chi connectivity index (χ0n) is 22.6. The van der Waals surface area contributed by atoms with Crippen LogP contribution in [0.15, 0.2) is 113 Å². The number of nitrogens with one attached hydrogen (secondary N) is 1. The topological polar surface area (TPSA) is 105 Å². The van der Waals surface area contributed by atoms with Crippen LogP contribution in [0.4, 0.5) is 0 Å². The van der Waals surface area contributed by atoms with Crippen molar-refractivity contribution in [2.75, 3.05) is 5.75 Å². The van der Waals surface area contributed by atoms with E-state index in [0.29, 0.717) is 5.75 Å². The van der Waals surface area contributed by atoms with Crippen LogP contribution < -0.4 is 4.72 Å². The molecule has 0 aliphatic carbocycles. The highest BCUT2D eigenvalue weighted by Gasteiger charge is 2.38. The molecule has 9 heteroatoms. The third-order valence-corrected chi connectivity index (χ3v) is 9.64. The maximum atomic E-state index is 12.7. The van der Waals surface area contributed by atoms with Gasteiger partial charge in [-0.25, -0.2) is 13.1 Å². The monoisotopic (exact) mass is 591 g/mol. The summed E-state index contributed by atoms with van der Waals surface area (Å²) in [5, 5.41) is 19.1. The molecule has 4 atom stereocenters. The number of aromatic hydroxyl groups is 1. The van der Waals surface area contributed by atoms with E-state index in [9.17, 15) is 18.6 Å². The standard InChI is InChI=1S/C32H33NO6S2/c1-22-30(21-40-28-16-14-27(35)15-17-28)38-32(39-31(22)25-12-10-23(20-34)11-13-25)26-7-5-6-24(18-26)19-33-41(36,37)29-8-3-2-4-9-29/h2-18,22,30-35H,19-21H2,1H3/t22-,30+,31+,32?/m0/s1. The van der Waals surface area contributed by atoms with Crippen LogP contribution in [0.1, 0.15) is 41.6 Å². The van der Waals surface area contributed by atoms with E-state index >= 15 is 0 Å². The third kappa shape index (κ3) is 7.37. The van der Waals surface area contributed by atoms with Gasteiger partial charge < -0.3 is 19.7 Å². The number of hydrogen-bond donors (Lipinski definition) is 3. The molecule has 4 aromatic rings. The first-order chi connectivity index (χ1) is 19.8. The van der Waals surface area contributed by atoms with E-state index in [1.54, 1.807) is 54.2 Å². The summed E-state index contributed by atoms with van der Waals surface area (Å²) < 4.78 is 41.2. The Balaban J connectivity index is 1.36. The highest BCUT2D eigenvalue weighted by molar-refractivity contribution is 7.99. The maximum absolute atomic E-state index is 12.7. The van der Waals surface area contributed by atoms with Crippen LogP contribution in [0, 0.1) is 5.92 Å². The summed E-state index contributed by atoms with van der Waals surface area (Å²) >= 11 is 1.65. The molecular formula is C32H33NO6S2. The van der Waals surface area contributed by atoms with Gasteiger partial charge in [0.1, 0.15) is 5.75 Å². The lowest BCUT2D eigenvalue weighted by Gasteiger charge is -2.41. The van der Waals surface area contributed by atoms with Gasteiger partial charge >= 0.3 is 0 Å². The third-order valence-electron chi connectivity index (χ3n) is 7.12. The highest BCUT2D eigenvalue weighted by atomic mass is 32.2. The van der Waals surface area contributed by atoms with Crippen LogP contribution in [0.2, 0.25) is 0 Å². The molecule has 0 aromatic heterocycles. The largest absolute Gasteiger partial charge is 0.508 e. The van der Waals surface area contributed by atoms with Crippen LogP contribution in [0.5, 0.6) is 5.75 Å². The van der Waals surface area contributed by atoms with Crippen LogP contribution in [0.25, 0.3) is 0 Å². The summed E-state index contributed by atoms with van der Waals surface area (Å²) in [5.41, 5.74) is 3.40. The molecule has 0 amide bonds. The minimum atomic E-state index is -3.65. The van der Waals surface area contributed by atoms with Crippen LogP contribution >= 0.6 is 11.8 Å². The zero-order valence-corrected chi connectivity index (χ0v) is 24.2. The Kier molecular flexibility index (Phi) is 9.44. The van der Waals surface area contributed by atoms with Gasteiger partial charge in [0, 0.05) is 28.7 Å². The predicted molar refractivity (Wildman–Crippen MR) is 159 cm³/mol. The van der Waals surface area contributed by atoms with Gasteiger partial charge in [0.05, 0.1) is 23.7 Å². The van der Waals surface area contributed by atoms with Crippen molar-refractivity contribution >= 4 is 21.8 Å². The highest BCUT2D eigenvalue weighted by Crippen LogP contribution is 2.43. The fourth-order valence-corrected chi connectivity index (χ4v) is 6.85. The Morgan fingerprint density at radius 1 is 0.829 bits per heavy atom. The molecule has 1 saturated heterocycles. The van der Waals surface area contributed by atoms with Crippen molar-refractivity contribution < 1.29 is 28.1 Å². The number of phenolic OH excluding ortho intramolecular Hbond substituents is 1. The second-order valence-corrected chi connectivity index (χ2v) is 12.9. The number of hydrogen-bond acceptors (Lipinski definition) is 7. The smallest absolute Gasteiger partial charge is 0.240 e. The first-order valence-electron chi connectivity index (χ1n) is 13.4. The van der Waals surface area contributed by atoms with E-state index in [0.717, 1.165) is 27.1 Å². The van der Waals surface area contributed by atoms with Crippen LogP contribution in [0.3, 0.4) is 0 Å². The number of phenols is 1. The molecular weight excluding hydrogens is 558 g/mol. The van der Waals surface area contributed by atoms with E-state index in [1.807, 2.05) is 60.7 Å². The SMILES string of the molecule is C[C@H]1[C@@H](CSc2ccc(O)cc2)OC(c2cccc(CNS(=O)(=O)c3ccccc3)c2)O[C@H]1c1ccc(CO)cc1. The zero-order chi connectivity index (χ0) is 28.8. The van der Waals surface area contributed by atoms with E-state index < -0.39 is 16.3 Å². The Hall–Kier alpha value is -3.18. The lowest BCUT2D eigenvalue weighted by atomic mass is 9.91. The van der Waals surface area contributed by atoms with Gasteiger partial charge in [-0.2, -0.15) is 0 Å². The number of ether oxygens (including phenoxy) is 2. The Labute approximate surface area is 245 Å². The lowest BCUT2D eigenvalue weighted by Crippen LogP contribution is -2.38. The summed E-state index contributed by atoms with van der Waals surface area (Å²) in [5.74, 6) is 0.923. The predicted octanol–water partition coefficient (Wildman–Crippen LogP) is 5.95. The quantitative estimate of drug-likeness (QED) is 0.196. The first kappa shape index (κ1) is 29.3. The van der Waals surface area contributed by atoms with Crippen molar-refractivity contribution in [1.82, 2.24) is 4.72 Å². The molecule has 0 radical (unpaired) electrons. The van der Waals surface area contributed by atoms with Crippen molar-refractivity contribution in [1.29, 1.82) is 0 Å². The number of benzene rings is 4. The Bertz CT molecular complexity index is 1530. The second-order valence-electron chi connectivity index (χ2n) is 10.0. The molecule has 3 N–H and O–H groups in total. The molecule has 1 heterocycles. The van der Waals surface area contributed by atoms with Gasteiger partial charge in [-0.05, 0) is 59.2 Å². The van der Waals surface area contributed by atoms with Gasteiger partial charge in [-0.1, -0.05) is 67.6 Å². The van der Waals surface area contributed by atoms with E-state index in [-0.39, 0.29) is 41.9 Å². The van der Waals surface area contributed by atoms with E-state index in [2.05, 4.69) is 11.6 Å². The minimum Gasteiger partial charge on any atom is -0.508 e. The van der Waals surface area contributed by atoms with Crippen LogP contribution in [-0.2, 0) is 32.6 Å². The molecule has 4 aromatic carbocycles. The number of sulfonamides is 1. The van der Waals surface area contributed by atoms with Gasteiger partial charge in [0.25, 0.3) is 0 Å². The van der Waals surface area contributed by atoms with Gasteiger partial charge in [-0.3, -0.25) is 0 Å².